The van der Waals surface area contributed by atoms with Crippen LogP contribution in [0.1, 0.15) is 33.6 Å². The molecule has 1 aromatic heterocycles. The van der Waals surface area contributed by atoms with Gasteiger partial charge in [0, 0.05) is 18.9 Å². The average Bonchev–Trinajstić information content (AvgIpc) is 2.93. The highest BCUT2D eigenvalue weighted by Gasteiger charge is 2.41. The standard InChI is InChI=1S/C15H24N4O2/c1-4-6-12-15(21)19(10-9-18-8-5-7-16-18)13(11(2)3)14(20)17-12/h5,7-8,11-13H,4,6,9-10H2,1-3H3,(H,17,20). The largest absolute Gasteiger partial charge is 0.342 e. The summed E-state index contributed by atoms with van der Waals surface area (Å²) in [6.07, 6.45) is 5.14. The SMILES string of the molecule is CCCC1NC(=O)C(C(C)C)N(CCn2cccn2)C1=O. The summed E-state index contributed by atoms with van der Waals surface area (Å²) in [4.78, 5) is 26.7. The van der Waals surface area contributed by atoms with Crippen LogP contribution in [0.5, 0.6) is 0 Å². The first-order chi connectivity index (χ1) is 10.0. The Morgan fingerprint density at radius 1 is 1.33 bits per heavy atom. The summed E-state index contributed by atoms with van der Waals surface area (Å²) in [5, 5.41) is 7.02. The van der Waals surface area contributed by atoms with Gasteiger partial charge in [-0.2, -0.15) is 5.10 Å². The Balaban J connectivity index is 2.13. The van der Waals surface area contributed by atoms with Gasteiger partial charge in [-0.25, -0.2) is 0 Å². The van der Waals surface area contributed by atoms with Crippen molar-refractivity contribution in [1.82, 2.24) is 20.0 Å². The molecule has 2 rings (SSSR count). The third-order valence-electron chi connectivity index (χ3n) is 3.84. The molecule has 1 aliphatic rings. The van der Waals surface area contributed by atoms with E-state index in [1.807, 2.05) is 33.0 Å². The van der Waals surface area contributed by atoms with Gasteiger partial charge in [0.25, 0.3) is 0 Å². The van der Waals surface area contributed by atoms with Crippen molar-refractivity contribution in [3.8, 4) is 0 Å². The van der Waals surface area contributed by atoms with E-state index in [0.717, 1.165) is 6.42 Å². The van der Waals surface area contributed by atoms with Crippen LogP contribution in [-0.4, -0.2) is 45.1 Å². The van der Waals surface area contributed by atoms with Crippen LogP contribution in [0.25, 0.3) is 0 Å². The molecule has 1 N–H and O–H groups in total. The maximum atomic E-state index is 12.6. The molecule has 0 bridgehead atoms. The molecule has 0 saturated carbocycles. The van der Waals surface area contributed by atoms with Crippen LogP contribution in [0.15, 0.2) is 18.5 Å². The Hall–Kier alpha value is -1.85. The lowest BCUT2D eigenvalue weighted by Crippen LogP contribution is -2.65. The lowest BCUT2D eigenvalue weighted by Gasteiger charge is -2.40. The zero-order valence-electron chi connectivity index (χ0n) is 13.0. The number of rotatable bonds is 6. The van der Waals surface area contributed by atoms with Crippen molar-refractivity contribution in [2.45, 2.75) is 52.2 Å². The van der Waals surface area contributed by atoms with Gasteiger partial charge in [0.15, 0.2) is 0 Å². The monoisotopic (exact) mass is 292 g/mol. The summed E-state index contributed by atoms with van der Waals surface area (Å²) < 4.78 is 1.78. The average molecular weight is 292 g/mol. The molecule has 0 aromatic carbocycles. The normalized spacial score (nSPS) is 22.8. The Morgan fingerprint density at radius 2 is 2.10 bits per heavy atom. The molecule has 1 aliphatic heterocycles. The van der Waals surface area contributed by atoms with Crippen LogP contribution in [0, 0.1) is 5.92 Å². The Kier molecular flexibility index (Phi) is 4.98. The molecule has 1 aromatic rings. The van der Waals surface area contributed by atoms with Gasteiger partial charge < -0.3 is 10.2 Å². The number of aromatic nitrogens is 2. The van der Waals surface area contributed by atoms with Gasteiger partial charge >= 0.3 is 0 Å². The molecule has 116 valence electrons. The van der Waals surface area contributed by atoms with E-state index in [9.17, 15) is 9.59 Å². The maximum absolute atomic E-state index is 12.6. The van der Waals surface area contributed by atoms with E-state index in [4.69, 9.17) is 0 Å². The van der Waals surface area contributed by atoms with Crippen LogP contribution in [0.2, 0.25) is 0 Å². The predicted octanol–water partition coefficient (Wildman–Crippen LogP) is 1.03. The number of hydrogen-bond acceptors (Lipinski definition) is 3. The summed E-state index contributed by atoms with van der Waals surface area (Å²) in [5.41, 5.74) is 0. The molecule has 1 fully saturated rings. The van der Waals surface area contributed by atoms with Gasteiger partial charge in [-0.15, -0.1) is 0 Å². The van der Waals surface area contributed by atoms with Crippen LogP contribution >= 0.6 is 0 Å². The first-order valence-corrected chi connectivity index (χ1v) is 7.62. The molecule has 2 amide bonds. The van der Waals surface area contributed by atoms with E-state index in [1.54, 1.807) is 15.8 Å². The Morgan fingerprint density at radius 3 is 2.67 bits per heavy atom. The number of carbonyl (C=O) groups excluding carboxylic acids is 2. The number of carbonyl (C=O) groups is 2. The fourth-order valence-corrected chi connectivity index (χ4v) is 2.84. The topological polar surface area (TPSA) is 67.2 Å². The maximum Gasteiger partial charge on any atom is 0.245 e. The summed E-state index contributed by atoms with van der Waals surface area (Å²) in [5.74, 6) is 0.0833. The lowest BCUT2D eigenvalue weighted by atomic mass is 9.95. The molecule has 21 heavy (non-hydrogen) atoms. The summed E-state index contributed by atoms with van der Waals surface area (Å²) in [7, 11) is 0. The molecule has 0 spiro atoms. The van der Waals surface area contributed by atoms with Crippen LogP contribution in [0.3, 0.4) is 0 Å². The molecule has 2 unspecified atom stereocenters. The molecule has 0 aliphatic carbocycles. The fourth-order valence-electron chi connectivity index (χ4n) is 2.84. The molecule has 0 radical (unpaired) electrons. The fraction of sp³-hybridized carbons (Fsp3) is 0.667. The summed E-state index contributed by atoms with van der Waals surface area (Å²) in [6, 6.07) is 1.08. The quantitative estimate of drug-likeness (QED) is 0.851. The van der Waals surface area contributed by atoms with Crippen molar-refractivity contribution in [3.63, 3.8) is 0 Å². The first kappa shape index (κ1) is 15.5. The zero-order chi connectivity index (χ0) is 15.4. The van der Waals surface area contributed by atoms with Gasteiger partial charge in [-0.1, -0.05) is 27.2 Å². The first-order valence-electron chi connectivity index (χ1n) is 7.62. The van der Waals surface area contributed by atoms with Crippen LogP contribution in [-0.2, 0) is 16.1 Å². The van der Waals surface area contributed by atoms with Crippen molar-refractivity contribution in [2.24, 2.45) is 5.92 Å². The van der Waals surface area contributed by atoms with Crippen molar-refractivity contribution < 1.29 is 9.59 Å². The minimum atomic E-state index is -0.388. The van der Waals surface area contributed by atoms with Gasteiger partial charge in [-0.3, -0.25) is 14.3 Å². The van der Waals surface area contributed by atoms with E-state index in [-0.39, 0.29) is 29.8 Å². The molecule has 6 heteroatoms. The van der Waals surface area contributed by atoms with Crippen molar-refractivity contribution >= 4 is 11.8 Å². The smallest absolute Gasteiger partial charge is 0.245 e. The van der Waals surface area contributed by atoms with Gasteiger partial charge in [-0.05, 0) is 18.4 Å². The highest BCUT2D eigenvalue weighted by molar-refractivity contribution is 5.97. The third kappa shape index (κ3) is 3.43. The second kappa shape index (κ2) is 6.74. The molecular weight excluding hydrogens is 268 g/mol. The van der Waals surface area contributed by atoms with Crippen LogP contribution < -0.4 is 5.32 Å². The van der Waals surface area contributed by atoms with E-state index >= 15 is 0 Å². The minimum absolute atomic E-state index is 0.0299. The summed E-state index contributed by atoms with van der Waals surface area (Å²) >= 11 is 0. The highest BCUT2D eigenvalue weighted by atomic mass is 16.2. The second-order valence-corrected chi connectivity index (χ2v) is 5.84. The van der Waals surface area contributed by atoms with Crippen LogP contribution in [0.4, 0.5) is 0 Å². The van der Waals surface area contributed by atoms with E-state index < -0.39 is 0 Å². The number of hydrogen-bond donors (Lipinski definition) is 1. The number of nitrogens with one attached hydrogen (secondary N) is 1. The number of amides is 2. The predicted molar refractivity (Wildman–Crippen MR) is 79.4 cm³/mol. The number of piperazine rings is 1. The number of nitrogens with zero attached hydrogens (tertiary/aromatic N) is 3. The summed E-state index contributed by atoms with van der Waals surface area (Å²) in [6.45, 7) is 7.07. The van der Waals surface area contributed by atoms with Gasteiger partial charge in [0.2, 0.25) is 11.8 Å². The van der Waals surface area contributed by atoms with Gasteiger partial charge in [0.1, 0.15) is 12.1 Å². The highest BCUT2D eigenvalue weighted by Crippen LogP contribution is 2.19. The zero-order valence-corrected chi connectivity index (χ0v) is 13.0. The molecule has 1 saturated heterocycles. The van der Waals surface area contributed by atoms with E-state index in [2.05, 4.69) is 10.4 Å². The van der Waals surface area contributed by atoms with Crippen molar-refractivity contribution in [2.75, 3.05) is 6.54 Å². The van der Waals surface area contributed by atoms with E-state index in [1.165, 1.54) is 0 Å². The van der Waals surface area contributed by atoms with Crippen molar-refractivity contribution in [3.05, 3.63) is 18.5 Å². The van der Waals surface area contributed by atoms with Crippen molar-refractivity contribution in [1.29, 1.82) is 0 Å². The van der Waals surface area contributed by atoms with Gasteiger partial charge in [0.05, 0.1) is 6.54 Å². The molecule has 2 heterocycles. The molecular formula is C15H24N4O2. The Bertz CT molecular complexity index is 484. The third-order valence-corrected chi connectivity index (χ3v) is 3.84. The molecule has 2 atom stereocenters. The second-order valence-electron chi connectivity index (χ2n) is 5.84. The van der Waals surface area contributed by atoms with E-state index in [0.29, 0.717) is 19.5 Å². The Labute approximate surface area is 125 Å². The minimum Gasteiger partial charge on any atom is -0.342 e. The lowest BCUT2D eigenvalue weighted by molar-refractivity contribution is -0.151. The molecule has 6 nitrogen and oxygen atoms in total.